The van der Waals surface area contributed by atoms with Crippen LogP contribution >= 0.6 is 12.4 Å². The van der Waals surface area contributed by atoms with E-state index in [9.17, 15) is 13.2 Å². The molecule has 0 radical (unpaired) electrons. The van der Waals surface area contributed by atoms with Crippen molar-refractivity contribution in [2.24, 2.45) is 5.92 Å². The Labute approximate surface area is 143 Å². The van der Waals surface area contributed by atoms with E-state index in [-0.39, 0.29) is 29.3 Å². The number of carbonyl (C=O) groups excluding carboxylic acids is 1. The maximum Gasteiger partial charge on any atom is 0.337 e. The molecule has 1 fully saturated rings. The molecule has 0 bridgehead atoms. The first-order valence-electron chi connectivity index (χ1n) is 7.35. The molecule has 0 aliphatic carbocycles. The second kappa shape index (κ2) is 8.63. The summed E-state index contributed by atoms with van der Waals surface area (Å²) < 4.78 is 32.1. The molecule has 0 amide bonds. The van der Waals surface area contributed by atoms with Crippen LogP contribution in [0.2, 0.25) is 0 Å². The molecule has 23 heavy (non-hydrogen) atoms. The highest BCUT2D eigenvalue weighted by Gasteiger charge is 2.25. The van der Waals surface area contributed by atoms with Gasteiger partial charge < -0.3 is 10.1 Å². The topological polar surface area (TPSA) is 84.5 Å². The lowest BCUT2D eigenvalue weighted by atomic mass is 9.94. The van der Waals surface area contributed by atoms with Gasteiger partial charge in [0.25, 0.3) is 0 Å². The quantitative estimate of drug-likeness (QED) is 0.776. The van der Waals surface area contributed by atoms with Gasteiger partial charge in [-0.3, -0.25) is 0 Å². The highest BCUT2D eigenvalue weighted by atomic mass is 35.5. The fourth-order valence-corrected chi connectivity index (χ4v) is 3.91. The molecule has 6 nitrogen and oxygen atoms in total. The minimum atomic E-state index is -3.59. The van der Waals surface area contributed by atoms with Crippen LogP contribution < -0.4 is 10.0 Å². The molecule has 0 saturated carbocycles. The molecular formula is C15H23ClN2O4S. The van der Waals surface area contributed by atoms with Gasteiger partial charge >= 0.3 is 5.97 Å². The average molecular weight is 363 g/mol. The molecule has 2 atom stereocenters. The Morgan fingerprint density at radius 2 is 2.00 bits per heavy atom. The fourth-order valence-electron chi connectivity index (χ4n) is 2.60. The van der Waals surface area contributed by atoms with Gasteiger partial charge in [-0.2, -0.15) is 0 Å². The summed E-state index contributed by atoms with van der Waals surface area (Å²) in [7, 11) is -2.30. The molecule has 1 aliphatic heterocycles. The summed E-state index contributed by atoms with van der Waals surface area (Å²) in [6.45, 7) is 3.70. The van der Waals surface area contributed by atoms with E-state index in [2.05, 4.69) is 14.8 Å². The van der Waals surface area contributed by atoms with Crippen LogP contribution in [-0.4, -0.2) is 40.6 Å². The number of hydrogen-bond donors (Lipinski definition) is 2. The van der Waals surface area contributed by atoms with E-state index in [0.29, 0.717) is 5.56 Å². The summed E-state index contributed by atoms with van der Waals surface area (Å²) in [4.78, 5) is 11.5. The van der Waals surface area contributed by atoms with Crippen molar-refractivity contribution >= 4 is 28.4 Å². The molecule has 2 unspecified atom stereocenters. The molecule has 1 aromatic rings. The summed E-state index contributed by atoms with van der Waals surface area (Å²) in [5.41, 5.74) is 0.325. The van der Waals surface area contributed by atoms with Crippen molar-refractivity contribution in [1.29, 1.82) is 0 Å². The van der Waals surface area contributed by atoms with Crippen molar-refractivity contribution < 1.29 is 17.9 Å². The number of sulfonamides is 1. The number of methoxy groups -OCH3 is 1. The fraction of sp³-hybridized carbons (Fsp3) is 0.533. The summed E-state index contributed by atoms with van der Waals surface area (Å²) in [5, 5.41) is 3.28. The summed E-state index contributed by atoms with van der Waals surface area (Å²) in [6.07, 6.45) is 2.07. The van der Waals surface area contributed by atoms with E-state index in [4.69, 9.17) is 0 Å². The van der Waals surface area contributed by atoms with E-state index in [1.165, 1.54) is 31.4 Å². The van der Waals surface area contributed by atoms with Gasteiger partial charge in [0, 0.05) is 6.04 Å². The van der Waals surface area contributed by atoms with Gasteiger partial charge in [0.2, 0.25) is 10.0 Å². The lowest BCUT2D eigenvalue weighted by Crippen LogP contribution is -2.44. The first-order valence-corrected chi connectivity index (χ1v) is 8.84. The molecule has 1 aliphatic rings. The van der Waals surface area contributed by atoms with E-state index < -0.39 is 16.0 Å². The van der Waals surface area contributed by atoms with Crippen LogP contribution in [0.3, 0.4) is 0 Å². The van der Waals surface area contributed by atoms with Crippen molar-refractivity contribution in [2.45, 2.75) is 30.7 Å². The number of rotatable bonds is 5. The molecule has 2 N–H and O–H groups in total. The second-order valence-electron chi connectivity index (χ2n) is 5.53. The summed E-state index contributed by atoms with van der Waals surface area (Å²) in [5.74, 6) is -0.198. The number of hydrogen-bond acceptors (Lipinski definition) is 5. The third-order valence-electron chi connectivity index (χ3n) is 3.97. The highest BCUT2D eigenvalue weighted by Crippen LogP contribution is 2.17. The number of piperidine rings is 1. The lowest BCUT2D eigenvalue weighted by Gasteiger charge is -2.28. The third kappa shape index (κ3) is 5.17. The molecule has 8 heteroatoms. The molecule has 1 saturated heterocycles. The van der Waals surface area contributed by atoms with Crippen LogP contribution in [0.4, 0.5) is 0 Å². The van der Waals surface area contributed by atoms with E-state index in [1.54, 1.807) is 0 Å². The highest BCUT2D eigenvalue weighted by molar-refractivity contribution is 7.89. The van der Waals surface area contributed by atoms with E-state index in [0.717, 1.165) is 25.9 Å². The maximum absolute atomic E-state index is 12.4. The second-order valence-corrected chi connectivity index (χ2v) is 7.25. The van der Waals surface area contributed by atoms with Crippen molar-refractivity contribution in [3.63, 3.8) is 0 Å². The molecule has 0 aromatic heterocycles. The van der Waals surface area contributed by atoms with Crippen LogP contribution in [0.25, 0.3) is 0 Å². The summed E-state index contributed by atoms with van der Waals surface area (Å²) >= 11 is 0. The number of carbonyl (C=O) groups is 1. The molecule has 0 spiro atoms. The molecule has 130 valence electrons. The lowest BCUT2D eigenvalue weighted by molar-refractivity contribution is 0.0600. The SMILES string of the molecule is COC(=O)c1ccc(S(=O)(=O)NC(C)C2CCCNC2)cc1.Cl. The zero-order valence-electron chi connectivity index (χ0n) is 13.2. The van der Waals surface area contributed by atoms with Crippen molar-refractivity contribution in [3.05, 3.63) is 29.8 Å². The predicted octanol–water partition coefficient (Wildman–Crippen LogP) is 1.56. The number of ether oxygens (including phenoxy) is 1. The average Bonchev–Trinajstić information content (AvgIpc) is 2.54. The molecule has 1 aromatic carbocycles. The van der Waals surface area contributed by atoms with Gasteiger partial charge in [-0.25, -0.2) is 17.9 Å². The zero-order valence-corrected chi connectivity index (χ0v) is 14.9. The van der Waals surface area contributed by atoms with Crippen LogP contribution in [0, 0.1) is 5.92 Å². The van der Waals surface area contributed by atoms with Gasteiger partial charge in [-0.1, -0.05) is 0 Å². The Balaban J connectivity index is 0.00000264. The third-order valence-corrected chi connectivity index (χ3v) is 5.54. The van der Waals surface area contributed by atoms with Gasteiger partial charge in [0.15, 0.2) is 0 Å². The van der Waals surface area contributed by atoms with Gasteiger partial charge in [-0.15, -0.1) is 12.4 Å². The minimum Gasteiger partial charge on any atom is -0.465 e. The summed E-state index contributed by atoms with van der Waals surface area (Å²) in [6, 6.07) is 5.60. The van der Waals surface area contributed by atoms with Crippen molar-refractivity contribution in [2.75, 3.05) is 20.2 Å². The molecule has 2 rings (SSSR count). The zero-order chi connectivity index (χ0) is 16.2. The Bertz CT molecular complexity index is 613. The first-order chi connectivity index (χ1) is 10.4. The van der Waals surface area contributed by atoms with Gasteiger partial charge in [0.1, 0.15) is 0 Å². The Hall–Kier alpha value is -1.15. The Morgan fingerprint density at radius 3 is 2.52 bits per heavy atom. The van der Waals surface area contributed by atoms with Crippen LogP contribution in [0.5, 0.6) is 0 Å². The van der Waals surface area contributed by atoms with Gasteiger partial charge in [0.05, 0.1) is 17.6 Å². The van der Waals surface area contributed by atoms with E-state index >= 15 is 0 Å². The largest absolute Gasteiger partial charge is 0.465 e. The first kappa shape index (κ1) is 19.9. The van der Waals surface area contributed by atoms with Crippen molar-refractivity contribution in [3.8, 4) is 0 Å². The minimum absolute atomic E-state index is 0. The predicted molar refractivity (Wildman–Crippen MR) is 90.4 cm³/mol. The monoisotopic (exact) mass is 362 g/mol. The van der Waals surface area contributed by atoms with E-state index in [1.807, 2.05) is 6.92 Å². The molecular weight excluding hydrogens is 340 g/mol. The maximum atomic E-state index is 12.4. The van der Waals surface area contributed by atoms with Crippen LogP contribution in [0.15, 0.2) is 29.2 Å². The number of benzene rings is 1. The van der Waals surface area contributed by atoms with Crippen molar-refractivity contribution in [1.82, 2.24) is 10.0 Å². The van der Waals surface area contributed by atoms with Crippen LogP contribution in [-0.2, 0) is 14.8 Å². The standard InChI is InChI=1S/C15H22N2O4S.ClH/c1-11(13-4-3-9-16-10-13)17-22(19,20)14-7-5-12(6-8-14)15(18)21-2;/h5-8,11,13,16-17H,3-4,9-10H2,1-2H3;1H. The Kier molecular flexibility index (Phi) is 7.47. The Morgan fingerprint density at radius 1 is 1.35 bits per heavy atom. The smallest absolute Gasteiger partial charge is 0.337 e. The normalized spacial score (nSPS) is 19.5. The molecule has 1 heterocycles. The number of halogens is 1. The number of nitrogens with one attached hydrogen (secondary N) is 2. The van der Waals surface area contributed by atoms with Gasteiger partial charge in [-0.05, 0) is 63.0 Å². The number of esters is 1. The van der Waals surface area contributed by atoms with Crippen LogP contribution in [0.1, 0.15) is 30.1 Å².